The minimum absolute atomic E-state index is 0. The fourth-order valence-corrected chi connectivity index (χ4v) is 1.86. The van der Waals surface area contributed by atoms with Crippen LogP contribution in [0.5, 0.6) is 0 Å². The van der Waals surface area contributed by atoms with E-state index in [4.69, 9.17) is 0 Å². The maximum absolute atomic E-state index is 4.03. The second kappa shape index (κ2) is 10.4. The smallest absolute Gasteiger partial charge is 1.00 e. The Morgan fingerprint density at radius 2 is 1.69 bits per heavy atom. The van der Waals surface area contributed by atoms with Crippen LogP contribution in [0.1, 0.15) is 32.3 Å². The van der Waals surface area contributed by atoms with E-state index in [1.54, 1.807) is 0 Å². The normalized spacial score (nSPS) is 13.2. The van der Waals surface area contributed by atoms with Crippen molar-refractivity contribution in [3.63, 3.8) is 0 Å². The van der Waals surface area contributed by atoms with Gasteiger partial charge in [0.05, 0.1) is 0 Å². The van der Waals surface area contributed by atoms with Gasteiger partial charge in [-0.05, 0) is 24.3 Å². The molecule has 0 amide bonds. The summed E-state index contributed by atoms with van der Waals surface area (Å²) in [5, 5.41) is 0. The van der Waals surface area contributed by atoms with Crippen molar-refractivity contribution in [1.29, 1.82) is 0 Å². The second-order valence-electron chi connectivity index (χ2n) is 4.47. The third-order valence-corrected chi connectivity index (χ3v) is 2.57. The molecule has 0 saturated heterocycles. The van der Waals surface area contributed by atoms with Crippen molar-refractivity contribution in [1.82, 2.24) is 0 Å². The molecular formula is C14H21ClMg. The molecule has 0 unspecified atom stereocenters. The van der Waals surface area contributed by atoms with Crippen LogP contribution in [0.25, 0.3) is 0 Å². The van der Waals surface area contributed by atoms with Gasteiger partial charge >= 0.3 is 23.1 Å². The number of hydrogen-bond acceptors (Lipinski definition) is 0. The van der Waals surface area contributed by atoms with Crippen LogP contribution in [0.3, 0.4) is 0 Å². The molecule has 86 valence electrons. The van der Waals surface area contributed by atoms with Crippen molar-refractivity contribution < 1.29 is 12.4 Å². The first-order chi connectivity index (χ1) is 6.68. The van der Waals surface area contributed by atoms with Gasteiger partial charge in [-0.25, -0.2) is 0 Å². The summed E-state index contributed by atoms with van der Waals surface area (Å²) < 4.78 is 0. The summed E-state index contributed by atoms with van der Waals surface area (Å²) in [5.74, 6) is 1.38. The van der Waals surface area contributed by atoms with Crippen LogP contribution < -0.4 is 12.4 Å². The van der Waals surface area contributed by atoms with E-state index < -0.39 is 0 Å². The van der Waals surface area contributed by atoms with Crippen LogP contribution in [0.2, 0.25) is 0 Å². The van der Waals surface area contributed by atoms with Crippen LogP contribution in [0.15, 0.2) is 30.3 Å². The molecule has 2 atom stereocenters. The molecular weight excluding hydrogens is 228 g/mol. The SMILES string of the molecule is [CH2-][C@@H](C)C[C@H](C)CCc1ccccc1.[Cl-].[Mg+2]. The zero-order valence-corrected chi connectivity index (χ0v) is 12.6. The Morgan fingerprint density at radius 3 is 2.19 bits per heavy atom. The van der Waals surface area contributed by atoms with Crippen molar-refractivity contribution in [3.8, 4) is 0 Å². The van der Waals surface area contributed by atoms with Crippen molar-refractivity contribution in [2.75, 3.05) is 0 Å². The zero-order valence-electron chi connectivity index (χ0n) is 10.5. The van der Waals surface area contributed by atoms with Crippen LogP contribution >= 0.6 is 0 Å². The van der Waals surface area contributed by atoms with Crippen LogP contribution in [-0.4, -0.2) is 23.1 Å². The van der Waals surface area contributed by atoms with Crippen LogP contribution in [-0.2, 0) is 6.42 Å². The summed E-state index contributed by atoms with van der Waals surface area (Å²) in [5.41, 5.74) is 1.45. The first kappa shape index (κ1) is 18.6. The predicted molar refractivity (Wildman–Crippen MR) is 68.8 cm³/mol. The minimum atomic E-state index is 0. The first-order valence-electron chi connectivity index (χ1n) is 5.55. The molecule has 0 fully saturated rings. The number of aryl methyl sites for hydroxylation is 1. The summed E-state index contributed by atoms with van der Waals surface area (Å²) in [6.45, 7) is 8.55. The number of benzene rings is 1. The molecule has 0 nitrogen and oxygen atoms in total. The topological polar surface area (TPSA) is 0 Å². The van der Waals surface area contributed by atoms with Gasteiger partial charge in [0.2, 0.25) is 0 Å². The Morgan fingerprint density at radius 1 is 1.12 bits per heavy atom. The molecule has 0 aliphatic heterocycles. The molecule has 0 aromatic heterocycles. The van der Waals surface area contributed by atoms with Gasteiger partial charge in [-0.2, -0.15) is 5.92 Å². The zero-order chi connectivity index (χ0) is 10.4. The molecule has 0 radical (unpaired) electrons. The number of halogens is 1. The third-order valence-electron chi connectivity index (χ3n) is 2.57. The second-order valence-corrected chi connectivity index (χ2v) is 4.47. The Balaban J connectivity index is 0. The van der Waals surface area contributed by atoms with E-state index in [9.17, 15) is 0 Å². The maximum Gasteiger partial charge on any atom is 2.00 e. The Hall–Kier alpha value is 0.276. The molecule has 0 aliphatic carbocycles. The van der Waals surface area contributed by atoms with Crippen molar-refractivity contribution >= 4 is 23.1 Å². The quantitative estimate of drug-likeness (QED) is 0.533. The Kier molecular flexibility index (Phi) is 12.2. The van der Waals surface area contributed by atoms with Gasteiger partial charge in [-0.1, -0.05) is 50.6 Å². The van der Waals surface area contributed by atoms with E-state index in [1.807, 2.05) is 0 Å². The van der Waals surface area contributed by atoms with E-state index >= 15 is 0 Å². The van der Waals surface area contributed by atoms with Crippen molar-refractivity contribution in [3.05, 3.63) is 42.8 Å². The van der Waals surface area contributed by atoms with Gasteiger partial charge in [-0.15, -0.1) is 0 Å². The summed E-state index contributed by atoms with van der Waals surface area (Å²) in [7, 11) is 0. The summed E-state index contributed by atoms with van der Waals surface area (Å²) >= 11 is 0. The molecule has 16 heavy (non-hydrogen) atoms. The largest absolute Gasteiger partial charge is 2.00 e. The first-order valence-corrected chi connectivity index (χ1v) is 5.55. The Bertz CT molecular complexity index is 246. The average molecular weight is 249 g/mol. The molecule has 1 aromatic rings. The van der Waals surface area contributed by atoms with Gasteiger partial charge in [-0.3, -0.25) is 0 Å². The fraction of sp³-hybridized carbons (Fsp3) is 0.500. The van der Waals surface area contributed by atoms with Gasteiger partial charge in [0, 0.05) is 0 Å². The average Bonchev–Trinajstić information content (AvgIpc) is 2.15. The maximum atomic E-state index is 4.03. The standard InChI is InChI=1S/C14H21.ClH.Mg/c1-12(2)11-13(3)9-10-14-7-5-4-6-8-14;;/h4-8,12-13H,1,9-11H2,2-3H3;1H;/q-1;;+2/p-1/t12-,13+;;/m0../s1. The van der Waals surface area contributed by atoms with Gasteiger partial charge < -0.3 is 19.3 Å². The van der Waals surface area contributed by atoms with E-state index in [0.717, 1.165) is 5.92 Å². The van der Waals surface area contributed by atoms with Gasteiger partial charge in [0.25, 0.3) is 0 Å². The van der Waals surface area contributed by atoms with E-state index in [1.165, 1.54) is 24.8 Å². The van der Waals surface area contributed by atoms with Gasteiger partial charge in [0.1, 0.15) is 0 Å². The molecule has 0 aliphatic rings. The Labute approximate surface area is 123 Å². The van der Waals surface area contributed by atoms with Gasteiger partial charge in [0.15, 0.2) is 0 Å². The van der Waals surface area contributed by atoms with Crippen LogP contribution in [0.4, 0.5) is 0 Å². The van der Waals surface area contributed by atoms with E-state index in [-0.39, 0.29) is 35.5 Å². The molecule has 0 N–H and O–H groups in total. The monoisotopic (exact) mass is 248 g/mol. The summed E-state index contributed by atoms with van der Waals surface area (Å²) in [6.07, 6.45) is 3.73. The third kappa shape index (κ3) is 8.43. The predicted octanol–water partition coefficient (Wildman–Crippen LogP) is 0.739. The number of rotatable bonds is 5. The molecule has 1 rings (SSSR count). The summed E-state index contributed by atoms with van der Waals surface area (Å²) in [4.78, 5) is 0. The van der Waals surface area contributed by atoms with Crippen LogP contribution in [0, 0.1) is 18.8 Å². The molecule has 0 heterocycles. The summed E-state index contributed by atoms with van der Waals surface area (Å²) in [6, 6.07) is 10.7. The molecule has 2 heteroatoms. The minimum Gasteiger partial charge on any atom is -1.00 e. The van der Waals surface area contributed by atoms with Crippen molar-refractivity contribution in [2.45, 2.75) is 33.1 Å². The van der Waals surface area contributed by atoms with E-state index in [0.29, 0.717) is 5.92 Å². The van der Waals surface area contributed by atoms with Crippen molar-refractivity contribution in [2.24, 2.45) is 11.8 Å². The van der Waals surface area contributed by atoms with E-state index in [2.05, 4.69) is 51.1 Å². The molecule has 0 saturated carbocycles. The molecule has 0 spiro atoms. The molecule has 1 aromatic carbocycles. The molecule has 0 bridgehead atoms. The fourth-order valence-electron chi connectivity index (χ4n) is 1.86. The number of hydrogen-bond donors (Lipinski definition) is 0.